The highest BCUT2D eigenvalue weighted by atomic mass is 16.5. The summed E-state index contributed by atoms with van der Waals surface area (Å²) in [4.78, 5) is 11.6. The Morgan fingerprint density at radius 1 is 1.00 bits per heavy atom. The number of methoxy groups -OCH3 is 1. The molecule has 24 heavy (non-hydrogen) atoms. The van der Waals surface area contributed by atoms with E-state index in [-0.39, 0.29) is 0 Å². The van der Waals surface area contributed by atoms with Gasteiger partial charge in [-0.25, -0.2) is 0 Å². The molecule has 118 valence electrons. The second-order valence-corrected chi connectivity index (χ2v) is 5.84. The Morgan fingerprint density at radius 3 is 2.50 bits per heavy atom. The number of hydrogen-bond acceptors (Lipinski definition) is 2. The summed E-state index contributed by atoms with van der Waals surface area (Å²) in [5.41, 5.74) is 2.83. The molecule has 0 aliphatic carbocycles. The number of aromatic nitrogens is 1. The van der Waals surface area contributed by atoms with Gasteiger partial charge in [-0.2, -0.15) is 0 Å². The van der Waals surface area contributed by atoms with E-state index in [0.29, 0.717) is 12.1 Å². The first-order valence-corrected chi connectivity index (χ1v) is 7.89. The molecule has 0 fully saturated rings. The van der Waals surface area contributed by atoms with Crippen molar-refractivity contribution in [2.45, 2.75) is 6.54 Å². The molecular formula is C21H17NO2. The maximum absolute atomic E-state index is 11.6. The van der Waals surface area contributed by atoms with Crippen LogP contribution in [-0.2, 0) is 6.54 Å². The van der Waals surface area contributed by atoms with Gasteiger partial charge in [0.25, 0.3) is 0 Å². The summed E-state index contributed by atoms with van der Waals surface area (Å²) < 4.78 is 7.84. The van der Waals surface area contributed by atoms with Crippen LogP contribution in [0, 0.1) is 0 Å². The maximum atomic E-state index is 11.6. The van der Waals surface area contributed by atoms with Crippen molar-refractivity contribution < 1.29 is 9.53 Å². The van der Waals surface area contributed by atoms with Crippen molar-refractivity contribution in [1.82, 2.24) is 4.57 Å². The zero-order chi connectivity index (χ0) is 16.5. The van der Waals surface area contributed by atoms with E-state index < -0.39 is 0 Å². The Balaban J connectivity index is 2.03. The summed E-state index contributed by atoms with van der Waals surface area (Å²) >= 11 is 0. The molecule has 0 saturated heterocycles. The highest BCUT2D eigenvalue weighted by molar-refractivity contribution is 6.09. The lowest BCUT2D eigenvalue weighted by atomic mass is 10.0. The van der Waals surface area contributed by atoms with Gasteiger partial charge in [-0.1, -0.05) is 54.6 Å². The molecule has 0 N–H and O–H groups in total. The van der Waals surface area contributed by atoms with Gasteiger partial charge < -0.3 is 9.30 Å². The van der Waals surface area contributed by atoms with Gasteiger partial charge in [-0.3, -0.25) is 4.79 Å². The van der Waals surface area contributed by atoms with E-state index in [1.54, 1.807) is 7.11 Å². The van der Waals surface area contributed by atoms with Gasteiger partial charge in [0, 0.05) is 29.1 Å². The molecule has 4 aromatic rings. The minimum Gasteiger partial charge on any atom is -0.494 e. The molecular weight excluding hydrogens is 298 g/mol. The summed E-state index contributed by atoms with van der Waals surface area (Å²) in [7, 11) is 1.68. The van der Waals surface area contributed by atoms with Crippen LogP contribution in [-0.4, -0.2) is 18.0 Å². The van der Waals surface area contributed by atoms with Gasteiger partial charge in [-0.05, 0) is 17.0 Å². The lowest BCUT2D eigenvalue weighted by Crippen LogP contribution is -1.99. The minimum atomic E-state index is 0.685. The van der Waals surface area contributed by atoms with E-state index in [1.165, 1.54) is 5.56 Å². The zero-order valence-corrected chi connectivity index (χ0v) is 13.4. The van der Waals surface area contributed by atoms with Crippen LogP contribution in [0.1, 0.15) is 15.9 Å². The third-order valence-corrected chi connectivity index (χ3v) is 4.40. The molecule has 1 heterocycles. The SMILES string of the molecule is COc1c2ccccc2cc2c(C=O)cn(Cc3ccccc3)c12. The van der Waals surface area contributed by atoms with Crippen LogP contribution < -0.4 is 4.74 Å². The van der Waals surface area contributed by atoms with Crippen LogP contribution in [0.4, 0.5) is 0 Å². The first-order valence-electron chi connectivity index (χ1n) is 7.89. The van der Waals surface area contributed by atoms with Gasteiger partial charge in [0.1, 0.15) is 0 Å². The second-order valence-electron chi connectivity index (χ2n) is 5.84. The van der Waals surface area contributed by atoms with Crippen molar-refractivity contribution in [2.75, 3.05) is 7.11 Å². The molecule has 4 rings (SSSR count). The van der Waals surface area contributed by atoms with Crippen molar-refractivity contribution in [1.29, 1.82) is 0 Å². The molecule has 0 saturated carbocycles. The Kier molecular flexibility index (Phi) is 3.54. The topological polar surface area (TPSA) is 31.2 Å². The first-order chi connectivity index (χ1) is 11.8. The molecule has 0 aliphatic heterocycles. The van der Waals surface area contributed by atoms with E-state index in [2.05, 4.69) is 22.8 Å². The van der Waals surface area contributed by atoms with Gasteiger partial charge in [0.15, 0.2) is 12.0 Å². The molecule has 0 unspecified atom stereocenters. The predicted molar refractivity (Wildman–Crippen MR) is 96.9 cm³/mol. The van der Waals surface area contributed by atoms with Crippen LogP contribution in [0.15, 0.2) is 66.9 Å². The number of ether oxygens (including phenoxy) is 1. The fourth-order valence-corrected chi connectivity index (χ4v) is 3.32. The normalized spacial score (nSPS) is 11.0. The smallest absolute Gasteiger partial charge is 0.152 e. The van der Waals surface area contributed by atoms with E-state index in [0.717, 1.165) is 33.7 Å². The van der Waals surface area contributed by atoms with Crippen molar-refractivity contribution in [2.24, 2.45) is 0 Å². The number of rotatable bonds is 4. The van der Waals surface area contributed by atoms with Crippen molar-refractivity contribution in [3.63, 3.8) is 0 Å². The quantitative estimate of drug-likeness (QED) is 0.513. The number of hydrogen-bond donors (Lipinski definition) is 0. The minimum absolute atomic E-state index is 0.685. The lowest BCUT2D eigenvalue weighted by molar-refractivity contribution is 0.112. The maximum Gasteiger partial charge on any atom is 0.152 e. The molecule has 0 atom stereocenters. The Bertz CT molecular complexity index is 1030. The monoisotopic (exact) mass is 315 g/mol. The fraction of sp³-hybridized carbons (Fsp3) is 0.0952. The molecule has 0 bridgehead atoms. The zero-order valence-electron chi connectivity index (χ0n) is 13.4. The van der Waals surface area contributed by atoms with Crippen LogP contribution in [0.2, 0.25) is 0 Å². The van der Waals surface area contributed by atoms with Gasteiger partial charge in [-0.15, -0.1) is 0 Å². The van der Waals surface area contributed by atoms with E-state index in [4.69, 9.17) is 4.74 Å². The molecule has 0 spiro atoms. The third kappa shape index (κ3) is 2.26. The molecule has 0 amide bonds. The van der Waals surface area contributed by atoms with Gasteiger partial charge in [0.05, 0.1) is 12.6 Å². The number of fused-ring (bicyclic) bond motifs is 2. The number of aldehydes is 1. The number of carbonyl (C=O) groups excluding carboxylic acids is 1. The average Bonchev–Trinajstić information content (AvgIpc) is 2.98. The molecule has 3 aromatic carbocycles. The van der Waals surface area contributed by atoms with Gasteiger partial charge >= 0.3 is 0 Å². The van der Waals surface area contributed by atoms with Crippen LogP contribution in [0.3, 0.4) is 0 Å². The Hall–Kier alpha value is -3.07. The summed E-state index contributed by atoms with van der Waals surface area (Å²) in [6.45, 7) is 0.694. The number of carbonyl (C=O) groups is 1. The fourth-order valence-electron chi connectivity index (χ4n) is 3.32. The van der Waals surface area contributed by atoms with Crippen LogP contribution in [0.25, 0.3) is 21.7 Å². The summed E-state index contributed by atoms with van der Waals surface area (Å²) in [5.74, 6) is 0.812. The number of nitrogens with zero attached hydrogens (tertiary/aromatic N) is 1. The van der Waals surface area contributed by atoms with Crippen LogP contribution >= 0.6 is 0 Å². The molecule has 1 aromatic heterocycles. The van der Waals surface area contributed by atoms with Crippen molar-refractivity contribution in [3.05, 3.63) is 78.0 Å². The van der Waals surface area contributed by atoms with Crippen LogP contribution in [0.5, 0.6) is 5.75 Å². The van der Waals surface area contributed by atoms with Crippen molar-refractivity contribution >= 4 is 28.0 Å². The standard InChI is InChI=1S/C21H17NO2/c1-24-21-18-10-6-5-9-16(18)11-19-17(14-23)13-22(20(19)21)12-15-7-3-2-4-8-15/h2-11,13-14H,12H2,1H3. The highest BCUT2D eigenvalue weighted by Gasteiger charge is 2.16. The van der Waals surface area contributed by atoms with Crippen molar-refractivity contribution in [3.8, 4) is 5.75 Å². The summed E-state index contributed by atoms with van der Waals surface area (Å²) in [5, 5.41) is 3.05. The second kappa shape index (κ2) is 5.85. The third-order valence-electron chi connectivity index (χ3n) is 4.40. The van der Waals surface area contributed by atoms with E-state index >= 15 is 0 Å². The van der Waals surface area contributed by atoms with Gasteiger partial charge in [0.2, 0.25) is 0 Å². The molecule has 0 aliphatic rings. The Morgan fingerprint density at radius 2 is 1.75 bits per heavy atom. The summed E-state index contributed by atoms with van der Waals surface area (Å²) in [6, 6.07) is 20.4. The molecule has 3 nitrogen and oxygen atoms in total. The molecule has 0 radical (unpaired) electrons. The average molecular weight is 315 g/mol. The first kappa shape index (κ1) is 14.5. The lowest BCUT2D eigenvalue weighted by Gasteiger charge is -2.12. The summed E-state index contributed by atoms with van der Waals surface area (Å²) in [6.07, 6.45) is 2.82. The largest absolute Gasteiger partial charge is 0.494 e. The highest BCUT2D eigenvalue weighted by Crippen LogP contribution is 2.37. The number of benzene rings is 3. The van der Waals surface area contributed by atoms with E-state index in [1.807, 2.05) is 48.7 Å². The molecule has 3 heteroatoms. The Labute approximate surface area is 140 Å². The predicted octanol–water partition coefficient (Wildman–Crippen LogP) is 4.66. The van der Waals surface area contributed by atoms with E-state index in [9.17, 15) is 4.79 Å².